The van der Waals surface area contributed by atoms with Crippen LogP contribution in [0.1, 0.15) is 34.6 Å². The number of benzene rings is 1. The first kappa shape index (κ1) is 12.9. The van der Waals surface area contributed by atoms with E-state index in [0.29, 0.717) is 0 Å². The number of fused-ring (bicyclic) bond motifs is 1. The van der Waals surface area contributed by atoms with Crippen molar-refractivity contribution in [2.24, 2.45) is 0 Å². The molecule has 6 nitrogen and oxygen atoms in total. The van der Waals surface area contributed by atoms with Crippen LogP contribution in [0.3, 0.4) is 0 Å². The molecule has 0 aliphatic carbocycles. The number of nitrogens with zero attached hydrogens (tertiary/aromatic N) is 1. The van der Waals surface area contributed by atoms with E-state index < -0.39 is 29.7 Å². The van der Waals surface area contributed by atoms with Crippen LogP contribution < -0.4 is 5.32 Å². The van der Waals surface area contributed by atoms with Crippen LogP contribution in [0.15, 0.2) is 24.3 Å². The van der Waals surface area contributed by atoms with Gasteiger partial charge >= 0.3 is 0 Å². The van der Waals surface area contributed by atoms with Gasteiger partial charge in [-0.05, 0) is 19.1 Å². The van der Waals surface area contributed by atoms with Gasteiger partial charge in [-0.2, -0.15) is 0 Å². The Morgan fingerprint density at radius 1 is 1.11 bits per heavy atom. The number of imide groups is 2. The zero-order valence-corrected chi connectivity index (χ0v) is 10.5. The minimum Gasteiger partial charge on any atom is -0.295 e. The summed E-state index contributed by atoms with van der Waals surface area (Å²) >= 11 is 0. The average Bonchev–Trinajstić information content (AvgIpc) is 2.61. The molecule has 6 heteroatoms. The quantitative estimate of drug-likeness (QED) is 0.777. The molecule has 0 radical (unpaired) electrons. The van der Waals surface area contributed by atoms with Crippen LogP contribution in [0.4, 0.5) is 0 Å². The second-order valence-corrected chi connectivity index (χ2v) is 4.25. The summed E-state index contributed by atoms with van der Waals surface area (Å²) in [5, 5.41) is 2.06. The lowest BCUT2D eigenvalue weighted by Crippen LogP contribution is -2.48. The summed E-state index contributed by atoms with van der Waals surface area (Å²) in [5.74, 6) is -2.26. The molecule has 0 saturated heterocycles. The zero-order chi connectivity index (χ0) is 14.2. The van der Waals surface area contributed by atoms with E-state index in [9.17, 15) is 19.2 Å². The van der Waals surface area contributed by atoms with Crippen molar-refractivity contribution in [3.05, 3.63) is 35.4 Å². The van der Waals surface area contributed by atoms with E-state index in [4.69, 9.17) is 0 Å². The van der Waals surface area contributed by atoms with E-state index in [2.05, 4.69) is 5.32 Å². The summed E-state index contributed by atoms with van der Waals surface area (Å²) in [6.07, 6.45) is 0. The van der Waals surface area contributed by atoms with Gasteiger partial charge in [-0.15, -0.1) is 0 Å². The van der Waals surface area contributed by atoms with Gasteiger partial charge in [0, 0.05) is 6.92 Å². The number of nitrogens with one attached hydrogen (secondary N) is 1. The summed E-state index contributed by atoms with van der Waals surface area (Å²) in [7, 11) is 0. The number of carbonyl (C=O) groups is 4. The highest BCUT2D eigenvalue weighted by Crippen LogP contribution is 2.24. The van der Waals surface area contributed by atoms with Crippen molar-refractivity contribution in [1.82, 2.24) is 10.2 Å². The molecule has 19 heavy (non-hydrogen) atoms. The van der Waals surface area contributed by atoms with Crippen LogP contribution >= 0.6 is 0 Å². The Morgan fingerprint density at radius 3 is 2.00 bits per heavy atom. The monoisotopic (exact) mass is 260 g/mol. The fourth-order valence-electron chi connectivity index (χ4n) is 1.95. The van der Waals surface area contributed by atoms with Crippen LogP contribution in [0, 0.1) is 0 Å². The SMILES string of the molecule is CC(=O)NC(=O)C(C)N1C(=O)c2ccccc2C1=O. The van der Waals surface area contributed by atoms with Gasteiger partial charge in [0.25, 0.3) is 11.8 Å². The molecule has 0 aromatic heterocycles. The Labute approximate surface area is 109 Å². The molecule has 0 spiro atoms. The Morgan fingerprint density at radius 2 is 1.58 bits per heavy atom. The number of hydrogen-bond donors (Lipinski definition) is 1. The van der Waals surface area contributed by atoms with E-state index in [-0.39, 0.29) is 11.1 Å². The summed E-state index contributed by atoms with van der Waals surface area (Å²) in [6, 6.07) is 5.33. The second kappa shape index (κ2) is 4.64. The molecule has 98 valence electrons. The van der Waals surface area contributed by atoms with Crippen LogP contribution in [-0.4, -0.2) is 34.6 Å². The van der Waals surface area contributed by atoms with Crippen LogP contribution in [0.5, 0.6) is 0 Å². The van der Waals surface area contributed by atoms with E-state index in [1.54, 1.807) is 12.1 Å². The van der Waals surface area contributed by atoms with Crippen molar-refractivity contribution in [2.75, 3.05) is 0 Å². The highest BCUT2D eigenvalue weighted by Gasteiger charge is 2.40. The molecule has 1 aromatic rings. The minimum atomic E-state index is -1.03. The first-order valence-corrected chi connectivity index (χ1v) is 5.72. The highest BCUT2D eigenvalue weighted by molar-refractivity contribution is 6.23. The first-order chi connectivity index (χ1) is 8.93. The molecule has 0 fully saturated rings. The maximum atomic E-state index is 12.1. The number of hydrogen-bond acceptors (Lipinski definition) is 4. The van der Waals surface area contributed by atoms with Gasteiger partial charge < -0.3 is 0 Å². The highest BCUT2D eigenvalue weighted by atomic mass is 16.2. The third kappa shape index (κ3) is 2.12. The first-order valence-electron chi connectivity index (χ1n) is 5.72. The number of carbonyl (C=O) groups excluding carboxylic acids is 4. The Balaban J connectivity index is 2.29. The van der Waals surface area contributed by atoms with E-state index in [1.165, 1.54) is 26.0 Å². The van der Waals surface area contributed by atoms with Crippen molar-refractivity contribution < 1.29 is 19.2 Å². The maximum Gasteiger partial charge on any atom is 0.262 e. The molecule has 1 heterocycles. The Kier molecular flexibility index (Phi) is 3.16. The van der Waals surface area contributed by atoms with Gasteiger partial charge in [0.05, 0.1) is 11.1 Å². The Bertz CT molecular complexity index is 559. The molecule has 1 unspecified atom stereocenters. The van der Waals surface area contributed by atoms with Gasteiger partial charge in [0.2, 0.25) is 11.8 Å². The number of rotatable bonds is 2. The molecular formula is C13H12N2O4. The smallest absolute Gasteiger partial charge is 0.262 e. The molecule has 0 bridgehead atoms. The van der Waals surface area contributed by atoms with Gasteiger partial charge in [-0.3, -0.25) is 29.4 Å². The maximum absolute atomic E-state index is 12.1. The molecule has 1 N–H and O–H groups in total. The molecule has 1 aliphatic heterocycles. The van der Waals surface area contributed by atoms with Gasteiger partial charge in [-0.25, -0.2) is 0 Å². The third-order valence-electron chi connectivity index (χ3n) is 2.89. The van der Waals surface area contributed by atoms with Crippen LogP contribution in [-0.2, 0) is 9.59 Å². The largest absolute Gasteiger partial charge is 0.295 e. The van der Waals surface area contributed by atoms with Crippen molar-refractivity contribution in [3.63, 3.8) is 0 Å². The van der Waals surface area contributed by atoms with Gasteiger partial charge in [0.1, 0.15) is 6.04 Å². The standard InChI is InChI=1S/C13H12N2O4/c1-7(11(17)14-8(2)16)15-12(18)9-5-3-4-6-10(9)13(15)19/h3-7H,1-2H3,(H,14,16,17). The molecular weight excluding hydrogens is 248 g/mol. The molecule has 1 aliphatic rings. The lowest BCUT2D eigenvalue weighted by molar-refractivity contribution is -0.131. The predicted molar refractivity (Wildman–Crippen MR) is 65.2 cm³/mol. The molecule has 4 amide bonds. The molecule has 2 rings (SSSR count). The van der Waals surface area contributed by atoms with E-state index in [1.807, 2.05) is 0 Å². The normalized spacial score (nSPS) is 15.2. The number of amides is 4. The van der Waals surface area contributed by atoms with Crippen LogP contribution in [0.25, 0.3) is 0 Å². The predicted octanol–water partition coefficient (Wildman–Crippen LogP) is 0.334. The van der Waals surface area contributed by atoms with E-state index >= 15 is 0 Å². The topological polar surface area (TPSA) is 83.6 Å². The summed E-state index contributed by atoms with van der Waals surface area (Å²) in [6.45, 7) is 2.59. The summed E-state index contributed by atoms with van der Waals surface area (Å²) in [5.41, 5.74) is 0.546. The van der Waals surface area contributed by atoms with Crippen molar-refractivity contribution in [1.29, 1.82) is 0 Å². The fraction of sp³-hybridized carbons (Fsp3) is 0.231. The molecule has 0 saturated carbocycles. The van der Waals surface area contributed by atoms with Crippen LogP contribution in [0.2, 0.25) is 0 Å². The lowest BCUT2D eigenvalue weighted by atomic mass is 10.1. The fourth-order valence-corrected chi connectivity index (χ4v) is 1.95. The van der Waals surface area contributed by atoms with Crippen molar-refractivity contribution in [2.45, 2.75) is 19.9 Å². The summed E-state index contributed by atoms with van der Waals surface area (Å²) < 4.78 is 0. The zero-order valence-electron chi connectivity index (χ0n) is 10.5. The Hall–Kier alpha value is -2.50. The minimum absolute atomic E-state index is 0.273. The second-order valence-electron chi connectivity index (χ2n) is 4.25. The van der Waals surface area contributed by atoms with Gasteiger partial charge in [0.15, 0.2) is 0 Å². The average molecular weight is 260 g/mol. The van der Waals surface area contributed by atoms with Gasteiger partial charge in [-0.1, -0.05) is 12.1 Å². The van der Waals surface area contributed by atoms with E-state index in [0.717, 1.165) is 4.90 Å². The summed E-state index contributed by atoms with van der Waals surface area (Å²) in [4.78, 5) is 47.6. The molecule has 1 atom stereocenters. The third-order valence-corrected chi connectivity index (χ3v) is 2.89. The molecule has 1 aromatic carbocycles. The van der Waals surface area contributed by atoms with Crippen molar-refractivity contribution in [3.8, 4) is 0 Å². The lowest BCUT2D eigenvalue weighted by Gasteiger charge is -2.20. The van der Waals surface area contributed by atoms with Crippen molar-refractivity contribution >= 4 is 23.6 Å².